The molecule has 1 heterocycles. The first-order chi connectivity index (χ1) is 7.11. The molecular formula is C10H11FN2O2. The molecule has 0 bridgehead atoms. The van der Waals surface area contributed by atoms with Gasteiger partial charge in [-0.05, 0) is 25.0 Å². The minimum atomic E-state index is -1.16. The molecule has 2 N–H and O–H groups in total. The van der Waals surface area contributed by atoms with Crippen LogP contribution in [-0.4, -0.2) is 28.3 Å². The number of aromatic carboxylic acids is 1. The Bertz CT molecular complexity index is 391. The van der Waals surface area contributed by atoms with Crippen molar-refractivity contribution in [3.05, 3.63) is 23.9 Å². The topological polar surface area (TPSA) is 62.2 Å². The van der Waals surface area contributed by atoms with Crippen molar-refractivity contribution < 1.29 is 14.3 Å². The van der Waals surface area contributed by atoms with Crippen LogP contribution in [0, 0.1) is 0 Å². The molecule has 1 aliphatic carbocycles. The molecule has 80 valence electrons. The van der Waals surface area contributed by atoms with Gasteiger partial charge in [-0.3, -0.25) is 0 Å². The summed E-state index contributed by atoms with van der Waals surface area (Å²) in [6.45, 7) is 0.129. The van der Waals surface area contributed by atoms with E-state index in [-0.39, 0.29) is 17.9 Å². The monoisotopic (exact) mass is 210 g/mol. The van der Waals surface area contributed by atoms with Gasteiger partial charge >= 0.3 is 5.97 Å². The van der Waals surface area contributed by atoms with Crippen LogP contribution in [0.25, 0.3) is 0 Å². The van der Waals surface area contributed by atoms with Gasteiger partial charge in [-0.15, -0.1) is 0 Å². The van der Waals surface area contributed by atoms with Crippen LogP contribution in [0.4, 0.5) is 10.2 Å². The second-order valence-electron chi connectivity index (χ2n) is 3.71. The van der Waals surface area contributed by atoms with E-state index in [1.807, 2.05) is 0 Å². The molecule has 1 saturated carbocycles. The predicted molar refractivity (Wildman–Crippen MR) is 52.8 cm³/mol. The maximum atomic E-state index is 13.3. The summed E-state index contributed by atoms with van der Waals surface area (Å²) in [6.07, 6.45) is 2.55. The van der Waals surface area contributed by atoms with Crippen molar-refractivity contribution >= 4 is 11.8 Å². The zero-order valence-corrected chi connectivity index (χ0v) is 8.03. The summed E-state index contributed by atoms with van der Waals surface area (Å²) in [6, 6.07) is 2.98. The number of carboxylic acid groups (broad SMARTS) is 1. The van der Waals surface area contributed by atoms with Gasteiger partial charge in [0.15, 0.2) is 0 Å². The Labute approximate surface area is 86.1 Å². The molecule has 5 heteroatoms. The summed E-state index contributed by atoms with van der Waals surface area (Å²) >= 11 is 0. The summed E-state index contributed by atoms with van der Waals surface area (Å²) in [5.41, 5.74) is -1.09. The number of nitrogens with zero attached hydrogens (tertiary/aromatic N) is 1. The quantitative estimate of drug-likeness (QED) is 0.793. The molecule has 1 aromatic rings. The highest BCUT2D eigenvalue weighted by Crippen LogP contribution is 2.39. The van der Waals surface area contributed by atoms with Crippen molar-refractivity contribution in [1.82, 2.24) is 4.98 Å². The number of anilines is 1. The molecule has 1 aromatic heterocycles. The van der Waals surface area contributed by atoms with Crippen molar-refractivity contribution in [3.8, 4) is 0 Å². The highest BCUT2D eigenvalue weighted by atomic mass is 19.1. The first kappa shape index (κ1) is 9.89. The van der Waals surface area contributed by atoms with E-state index < -0.39 is 11.6 Å². The molecule has 0 atom stereocenters. The molecule has 1 fully saturated rings. The van der Waals surface area contributed by atoms with Gasteiger partial charge in [0.1, 0.15) is 17.1 Å². The van der Waals surface area contributed by atoms with Crippen LogP contribution in [-0.2, 0) is 0 Å². The normalized spacial score (nSPS) is 17.1. The van der Waals surface area contributed by atoms with E-state index in [2.05, 4.69) is 10.3 Å². The highest BCUT2D eigenvalue weighted by molar-refractivity contribution is 5.92. The van der Waals surface area contributed by atoms with Crippen LogP contribution in [0.1, 0.15) is 23.2 Å². The van der Waals surface area contributed by atoms with Gasteiger partial charge in [0.2, 0.25) is 0 Å². The van der Waals surface area contributed by atoms with Crippen LogP contribution in [0.3, 0.4) is 0 Å². The predicted octanol–water partition coefficient (Wildman–Crippen LogP) is 1.69. The molecule has 0 unspecified atom stereocenters. The maximum absolute atomic E-state index is 13.3. The van der Waals surface area contributed by atoms with Gasteiger partial charge < -0.3 is 10.4 Å². The number of rotatable bonds is 4. The van der Waals surface area contributed by atoms with Crippen molar-refractivity contribution in [2.75, 3.05) is 11.9 Å². The van der Waals surface area contributed by atoms with E-state index >= 15 is 0 Å². The molecule has 0 aromatic carbocycles. The molecule has 0 spiro atoms. The summed E-state index contributed by atoms with van der Waals surface area (Å²) < 4.78 is 13.3. The van der Waals surface area contributed by atoms with Crippen LogP contribution in [0.5, 0.6) is 0 Å². The third-order valence-corrected chi connectivity index (χ3v) is 2.40. The fourth-order valence-electron chi connectivity index (χ4n) is 1.27. The summed E-state index contributed by atoms with van der Waals surface area (Å²) in [5, 5.41) is 11.6. The lowest BCUT2D eigenvalue weighted by atomic mass is 10.2. The highest BCUT2D eigenvalue weighted by Gasteiger charge is 2.43. The lowest BCUT2D eigenvalue weighted by Crippen LogP contribution is -2.18. The van der Waals surface area contributed by atoms with Gasteiger partial charge in [-0.1, -0.05) is 0 Å². The smallest absolute Gasteiger partial charge is 0.339 e. The van der Waals surface area contributed by atoms with Gasteiger partial charge in [0.25, 0.3) is 0 Å². The Morgan fingerprint density at radius 1 is 1.67 bits per heavy atom. The van der Waals surface area contributed by atoms with Gasteiger partial charge in [-0.25, -0.2) is 14.2 Å². The SMILES string of the molecule is O=C(O)c1cccnc1NCC1(F)CC1. The zero-order valence-electron chi connectivity index (χ0n) is 8.03. The number of pyridine rings is 1. The Morgan fingerprint density at radius 2 is 2.40 bits per heavy atom. The number of hydrogen-bond acceptors (Lipinski definition) is 3. The molecule has 15 heavy (non-hydrogen) atoms. The van der Waals surface area contributed by atoms with Gasteiger partial charge in [-0.2, -0.15) is 0 Å². The van der Waals surface area contributed by atoms with Crippen molar-refractivity contribution in [1.29, 1.82) is 0 Å². The Balaban J connectivity index is 2.09. The van der Waals surface area contributed by atoms with E-state index in [0.29, 0.717) is 12.8 Å². The van der Waals surface area contributed by atoms with Crippen LogP contribution in [0.15, 0.2) is 18.3 Å². The van der Waals surface area contributed by atoms with Crippen molar-refractivity contribution in [2.45, 2.75) is 18.5 Å². The largest absolute Gasteiger partial charge is 0.478 e. The Morgan fingerprint density at radius 3 is 3.00 bits per heavy atom. The van der Waals surface area contributed by atoms with Crippen molar-refractivity contribution in [2.24, 2.45) is 0 Å². The minimum absolute atomic E-state index is 0.0711. The van der Waals surface area contributed by atoms with Gasteiger partial charge in [0, 0.05) is 6.20 Å². The molecule has 0 aliphatic heterocycles. The summed E-state index contributed by atoms with van der Waals surface area (Å²) in [4.78, 5) is 14.7. The Hall–Kier alpha value is -1.65. The second-order valence-corrected chi connectivity index (χ2v) is 3.71. The van der Waals surface area contributed by atoms with Crippen LogP contribution >= 0.6 is 0 Å². The van der Waals surface area contributed by atoms with Gasteiger partial charge in [0.05, 0.1) is 6.54 Å². The molecule has 4 nitrogen and oxygen atoms in total. The third-order valence-electron chi connectivity index (χ3n) is 2.40. The summed E-state index contributed by atoms with van der Waals surface area (Å²) in [5.74, 6) is -0.830. The number of halogens is 1. The molecular weight excluding hydrogens is 199 g/mol. The fourth-order valence-corrected chi connectivity index (χ4v) is 1.27. The van der Waals surface area contributed by atoms with E-state index in [4.69, 9.17) is 5.11 Å². The lowest BCUT2D eigenvalue weighted by Gasteiger charge is -2.09. The molecule has 0 saturated heterocycles. The van der Waals surface area contributed by atoms with E-state index in [1.54, 1.807) is 0 Å². The number of alkyl halides is 1. The van der Waals surface area contributed by atoms with Crippen LogP contribution < -0.4 is 5.32 Å². The number of nitrogens with one attached hydrogen (secondary N) is 1. The fraction of sp³-hybridized carbons (Fsp3) is 0.400. The number of aromatic nitrogens is 1. The van der Waals surface area contributed by atoms with Crippen LogP contribution in [0.2, 0.25) is 0 Å². The van der Waals surface area contributed by atoms with Crippen molar-refractivity contribution in [3.63, 3.8) is 0 Å². The molecule has 1 aliphatic rings. The number of carbonyl (C=O) groups is 1. The zero-order chi connectivity index (χ0) is 10.9. The molecule has 0 radical (unpaired) electrons. The third kappa shape index (κ3) is 2.23. The lowest BCUT2D eigenvalue weighted by molar-refractivity contribution is 0.0697. The molecule has 2 rings (SSSR count). The van der Waals surface area contributed by atoms with E-state index in [1.165, 1.54) is 18.3 Å². The Kier molecular flexibility index (Phi) is 2.30. The number of carboxylic acids is 1. The summed E-state index contributed by atoms with van der Waals surface area (Å²) in [7, 11) is 0. The maximum Gasteiger partial charge on any atom is 0.339 e. The average Bonchev–Trinajstić information content (AvgIpc) is 2.95. The minimum Gasteiger partial charge on any atom is -0.478 e. The first-order valence-electron chi connectivity index (χ1n) is 4.72. The standard InChI is InChI=1S/C10H11FN2O2/c11-10(3-4-10)6-13-8-7(9(14)15)2-1-5-12-8/h1-2,5H,3-4,6H2,(H,12,13)(H,14,15). The number of hydrogen-bond donors (Lipinski definition) is 2. The molecule has 0 amide bonds. The average molecular weight is 210 g/mol. The van der Waals surface area contributed by atoms with E-state index in [9.17, 15) is 9.18 Å². The first-order valence-corrected chi connectivity index (χ1v) is 4.72. The second kappa shape index (κ2) is 3.49. The van der Waals surface area contributed by atoms with E-state index in [0.717, 1.165) is 0 Å².